The van der Waals surface area contributed by atoms with Gasteiger partial charge in [0.2, 0.25) is 10.0 Å². The summed E-state index contributed by atoms with van der Waals surface area (Å²) in [6.07, 6.45) is 3.28. The molecule has 3 heterocycles. The minimum Gasteiger partial charge on any atom is -0.250 e. The van der Waals surface area contributed by atoms with Crippen LogP contribution in [-0.4, -0.2) is 40.4 Å². The van der Waals surface area contributed by atoms with Crippen molar-refractivity contribution in [2.75, 3.05) is 13.1 Å². The lowest BCUT2D eigenvalue weighted by Gasteiger charge is -2.16. The summed E-state index contributed by atoms with van der Waals surface area (Å²) in [5, 5.41) is 2.64. The third-order valence-corrected chi connectivity index (χ3v) is 6.16. The number of nitrogens with one attached hydrogen (secondary N) is 1. The molecule has 8 heteroatoms. The van der Waals surface area contributed by atoms with E-state index in [1.807, 2.05) is 18.2 Å². The maximum Gasteiger partial charge on any atom is 0.360 e. The van der Waals surface area contributed by atoms with Gasteiger partial charge in [-0.2, -0.15) is 9.29 Å². The van der Waals surface area contributed by atoms with Crippen LogP contribution in [-0.2, 0) is 10.0 Å². The highest BCUT2D eigenvalue weighted by Crippen LogP contribution is 2.26. The summed E-state index contributed by atoms with van der Waals surface area (Å²) in [6, 6.07) is 10.4. The lowest BCUT2D eigenvalue weighted by Crippen LogP contribution is -2.27. The van der Waals surface area contributed by atoms with E-state index in [1.165, 1.54) is 10.5 Å². The van der Waals surface area contributed by atoms with Crippen molar-refractivity contribution in [1.29, 1.82) is 0 Å². The fraction of sp³-hybridized carbons (Fsp3) is 0.250. The van der Waals surface area contributed by atoms with E-state index in [-0.39, 0.29) is 4.90 Å². The van der Waals surface area contributed by atoms with Gasteiger partial charge in [-0.3, -0.25) is 4.52 Å². The zero-order valence-electron chi connectivity index (χ0n) is 12.8. The van der Waals surface area contributed by atoms with Crippen LogP contribution in [0.15, 0.2) is 52.3 Å². The fourth-order valence-corrected chi connectivity index (χ4v) is 4.61. The molecule has 4 rings (SSSR count). The number of nitrogens with zero attached hydrogens (tertiary/aromatic N) is 3. The molecule has 124 valence electrons. The number of aromatic amines is 1. The first kappa shape index (κ1) is 15.1. The van der Waals surface area contributed by atoms with Crippen molar-refractivity contribution in [2.45, 2.75) is 17.7 Å². The molecule has 1 N–H and O–H groups in total. The van der Waals surface area contributed by atoms with Gasteiger partial charge in [-0.15, -0.1) is 0 Å². The van der Waals surface area contributed by atoms with Gasteiger partial charge in [0.15, 0.2) is 0 Å². The summed E-state index contributed by atoms with van der Waals surface area (Å²) < 4.78 is 28.6. The van der Waals surface area contributed by atoms with Crippen LogP contribution in [0.5, 0.6) is 0 Å². The third-order valence-electron chi connectivity index (χ3n) is 4.27. The van der Waals surface area contributed by atoms with E-state index >= 15 is 0 Å². The Morgan fingerprint density at radius 1 is 1.08 bits per heavy atom. The Bertz CT molecular complexity index is 1060. The Kier molecular flexibility index (Phi) is 3.50. The van der Waals surface area contributed by atoms with E-state index in [9.17, 15) is 13.2 Å². The molecular formula is C16H16N4O3S. The lowest BCUT2D eigenvalue weighted by atomic mass is 10.2. The molecule has 0 unspecified atom stereocenters. The van der Waals surface area contributed by atoms with Gasteiger partial charge in [-0.05, 0) is 37.1 Å². The molecule has 7 nitrogen and oxygen atoms in total. The number of H-pyrrole nitrogens is 1. The summed E-state index contributed by atoms with van der Waals surface area (Å²) in [5.41, 5.74) is 1.71. The number of rotatable bonds is 3. The highest BCUT2D eigenvalue weighted by atomic mass is 32.2. The van der Waals surface area contributed by atoms with Gasteiger partial charge in [-0.25, -0.2) is 18.3 Å². The van der Waals surface area contributed by atoms with Crippen LogP contribution < -0.4 is 5.69 Å². The maximum atomic E-state index is 12.7. The number of sulfonamides is 1. The second-order valence-corrected chi connectivity index (χ2v) is 7.73. The quantitative estimate of drug-likeness (QED) is 0.779. The Morgan fingerprint density at radius 3 is 2.67 bits per heavy atom. The Hall–Kier alpha value is -2.45. The van der Waals surface area contributed by atoms with Crippen molar-refractivity contribution in [3.05, 3.63) is 53.1 Å². The van der Waals surface area contributed by atoms with E-state index in [0.717, 1.165) is 23.9 Å². The first-order chi connectivity index (χ1) is 11.6. The molecular weight excluding hydrogens is 328 g/mol. The number of hydrogen-bond acceptors (Lipinski definition) is 4. The molecule has 1 saturated heterocycles. The first-order valence-electron chi connectivity index (χ1n) is 7.73. The molecule has 2 aromatic heterocycles. The summed E-state index contributed by atoms with van der Waals surface area (Å²) >= 11 is 0. The van der Waals surface area contributed by atoms with Crippen LogP contribution in [0.3, 0.4) is 0 Å². The minimum absolute atomic E-state index is 0.272. The van der Waals surface area contributed by atoms with Crippen molar-refractivity contribution >= 4 is 15.5 Å². The molecule has 1 aliphatic rings. The summed E-state index contributed by atoms with van der Waals surface area (Å²) in [6.45, 7) is 1.14. The van der Waals surface area contributed by atoms with Crippen molar-refractivity contribution in [3.63, 3.8) is 0 Å². The zero-order chi connectivity index (χ0) is 16.7. The number of aromatic nitrogens is 3. The average Bonchev–Trinajstić information content (AvgIpc) is 3.24. The van der Waals surface area contributed by atoms with Crippen LogP contribution in [0.25, 0.3) is 16.8 Å². The number of fused-ring (bicyclic) bond motifs is 1. The lowest BCUT2D eigenvalue weighted by molar-refractivity contribution is 0.477. The van der Waals surface area contributed by atoms with Gasteiger partial charge in [0.05, 0.1) is 22.3 Å². The van der Waals surface area contributed by atoms with Crippen LogP contribution in [0.4, 0.5) is 0 Å². The molecule has 0 radical (unpaired) electrons. The normalized spacial score (nSPS) is 16.0. The van der Waals surface area contributed by atoms with Gasteiger partial charge in [0.1, 0.15) is 0 Å². The van der Waals surface area contributed by atoms with Gasteiger partial charge >= 0.3 is 5.69 Å². The maximum absolute atomic E-state index is 12.7. The second kappa shape index (κ2) is 5.57. The molecule has 0 spiro atoms. The summed E-state index contributed by atoms with van der Waals surface area (Å²) in [5.74, 6) is 0. The average molecular weight is 344 g/mol. The first-order valence-corrected chi connectivity index (χ1v) is 9.17. The molecule has 0 amide bonds. The smallest absolute Gasteiger partial charge is 0.250 e. The Balaban J connectivity index is 1.82. The van der Waals surface area contributed by atoms with Crippen LogP contribution in [0, 0.1) is 0 Å². The zero-order valence-corrected chi connectivity index (χ0v) is 13.7. The third kappa shape index (κ3) is 2.44. The monoisotopic (exact) mass is 344 g/mol. The van der Waals surface area contributed by atoms with Crippen molar-refractivity contribution in [1.82, 2.24) is 18.9 Å². The largest absolute Gasteiger partial charge is 0.360 e. The Labute approximate surface area is 138 Å². The molecule has 24 heavy (non-hydrogen) atoms. The predicted octanol–water partition coefficient (Wildman–Crippen LogP) is 1.47. The van der Waals surface area contributed by atoms with Crippen molar-refractivity contribution in [2.24, 2.45) is 0 Å². The second-order valence-electron chi connectivity index (χ2n) is 5.79. The van der Waals surface area contributed by atoms with Crippen LogP contribution >= 0.6 is 0 Å². The molecule has 1 aromatic carbocycles. The van der Waals surface area contributed by atoms with Gasteiger partial charge in [0.25, 0.3) is 0 Å². The van der Waals surface area contributed by atoms with Gasteiger partial charge < -0.3 is 0 Å². The van der Waals surface area contributed by atoms with E-state index in [4.69, 9.17) is 0 Å². The highest BCUT2D eigenvalue weighted by molar-refractivity contribution is 7.89. The predicted molar refractivity (Wildman–Crippen MR) is 89.2 cm³/mol. The van der Waals surface area contributed by atoms with E-state index in [1.54, 1.807) is 22.7 Å². The molecule has 0 bridgehead atoms. The van der Waals surface area contributed by atoms with E-state index in [0.29, 0.717) is 18.8 Å². The van der Waals surface area contributed by atoms with Crippen LogP contribution in [0.1, 0.15) is 12.8 Å². The molecule has 3 aromatic rings. The van der Waals surface area contributed by atoms with Gasteiger partial charge in [0, 0.05) is 18.7 Å². The van der Waals surface area contributed by atoms with Crippen molar-refractivity contribution < 1.29 is 8.42 Å². The Morgan fingerprint density at radius 2 is 1.88 bits per heavy atom. The standard InChI is InChI=1S/C16H16N4O3S/c21-16-17-11-13-6-7-15(20(13)18-16)12-4-3-5-14(10-12)24(22,23)19-8-1-2-9-19/h3-7,10-11H,1-2,8-9H2,(H,18,21). The fourth-order valence-electron chi connectivity index (χ4n) is 3.05. The molecule has 0 aliphatic carbocycles. The van der Waals surface area contributed by atoms with Gasteiger partial charge in [-0.1, -0.05) is 12.1 Å². The SMILES string of the molecule is O=c1ncc2ccc(-c3cccc(S(=O)(=O)N4CCCC4)c3)n2[nH]1. The van der Waals surface area contributed by atoms with E-state index < -0.39 is 15.7 Å². The van der Waals surface area contributed by atoms with Crippen LogP contribution in [0.2, 0.25) is 0 Å². The molecule has 0 saturated carbocycles. The molecule has 1 fully saturated rings. The topological polar surface area (TPSA) is 87.5 Å². The highest BCUT2D eigenvalue weighted by Gasteiger charge is 2.27. The summed E-state index contributed by atoms with van der Waals surface area (Å²) in [4.78, 5) is 15.4. The number of benzene rings is 1. The van der Waals surface area contributed by atoms with Crippen molar-refractivity contribution in [3.8, 4) is 11.3 Å². The molecule has 0 atom stereocenters. The number of hydrogen-bond donors (Lipinski definition) is 1. The van der Waals surface area contributed by atoms with E-state index in [2.05, 4.69) is 10.1 Å². The minimum atomic E-state index is -3.47. The summed E-state index contributed by atoms with van der Waals surface area (Å²) in [7, 11) is -3.47. The molecule has 1 aliphatic heterocycles.